The van der Waals surface area contributed by atoms with Crippen molar-refractivity contribution >= 4 is 0 Å². The lowest BCUT2D eigenvalue weighted by molar-refractivity contribution is 0.200. The van der Waals surface area contributed by atoms with Crippen LogP contribution in [0.15, 0.2) is 0 Å². The molecule has 0 fully saturated rings. The van der Waals surface area contributed by atoms with Crippen molar-refractivity contribution < 1.29 is 5.11 Å². The molecule has 2 N–H and O–H groups in total. The van der Waals surface area contributed by atoms with Crippen LogP contribution in [0.1, 0.15) is 40.0 Å². The molecule has 0 aromatic rings. The van der Waals surface area contributed by atoms with Gasteiger partial charge < -0.3 is 10.4 Å². The molecule has 0 heterocycles. The number of aliphatic hydroxyl groups is 1. The van der Waals surface area contributed by atoms with Crippen molar-refractivity contribution in [1.29, 1.82) is 0 Å². The van der Waals surface area contributed by atoms with E-state index in [9.17, 15) is 0 Å². The average Bonchev–Trinajstić information content (AvgIpc) is 2.04. The highest BCUT2D eigenvalue weighted by molar-refractivity contribution is 4.84. The zero-order chi connectivity index (χ0) is 8.74. The van der Waals surface area contributed by atoms with Crippen LogP contribution in [0.4, 0.5) is 0 Å². The highest BCUT2D eigenvalue weighted by atomic mass is 16.3. The van der Waals surface area contributed by atoms with E-state index in [1.54, 1.807) is 0 Å². The molecule has 0 radical (unpaired) electrons. The molecule has 0 aromatic heterocycles. The maximum absolute atomic E-state index is 8.85. The summed E-state index contributed by atoms with van der Waals surface area (Å²) < 4.78 is 0. The molecule has 11 heavy (non-hydrogen) atoms. The molecule has 0 aromatic carbocycles. The smallest absolute Gasteiger partial charge is 0.0448 e. The van der Waals surface area contributed by atoms with Crippen LogP contribution in [0.5, 0.6) is 0 Å². The van der Waals surface area contributed by atoms with Gasteiger partial charge in [0.2, 0.25) is 0 Å². The fourth-order valence-corrected chi connectivity index (χ4v) is 1.53. The normalized spacial score (nSPS) is 12.0. The highest BCUT2D eigenvalue weighted by Crippen LogP contribution is 2.18. The van der Waals surface area contributed by atoms with Gasteiger partial charge in [0.05, 0.1) is 0 Å². The van der Waals surface area contributed by atoms with Crippen molar-refractivity contribution in [3.05, 3.63) is 0 Å². The van der Waals surface area contributed by atoms with Gasteiger partial charge in [-0.2, -0.15) is 0 Å². The van der Waals surface area contributed by atoms with E-state index in [4.69, 9.17) is 5.11 Å². The van der Waals surface area contributed by atoms with Gasteiger partial charge in [-0.25, -0.2) is 0 Å². The van der Waals surface area contributed by atoms with Gasteiger partial charge in [-0.1, -0.05) is 20.8 Å². The molecular weight excluding hydrogens is 138 g/mol. The molecule has 0 spiro atoms. The van der Waals surface area contributed by atoms with E-state index in [1.165, 1.54) is 0 Å². The lowest BCUT2D eigenvalue weighted by Gasteiger charge is -2.32. The molecule has 2 nitrogen and oxygen atoms in total. The highest BCUT2D eigenvalue weighted by Gasteiger charge is 2.23. The Bertz CT molecular complexity index is 81.6. The first-order valence-electron chi connectivity index (χ1n) is 4.60. The summed E-state index contributed by atoms with van der Waals surface area (Å²) in [4.78, 5) is 0. The van der Waals surface area contributed by atoms with Crippen molar-refractivity contribution in [3.8, 4) is 0 Å². The first kappa shape index (κ1) is 10.9. The first-order chi connectivity index (χ1) is 5.24. The van der Waals surface area contributed by atoms with Crippen LogP contribution in [0, 0.1) is 0 Å². The zero-order valence-electron chi connectivity index (χ0n) is 7.98. The molecule has 0 saturated carbocycles. The summed E-state index contributed by atoms with van der Waals surface area (Å²) in [6, 6.07) is 0. The van der Waals surface area contributed by atoms with Gasteiger partial charge >= 0.3 is 0 Å². The van der Waals surface area contributed by atoms with Gasteiger partial charge in [-0.15, -0.1) is 0 Å². The quantitative estimate of drug-likeness (QED) is 0.616. The Morgan fingerprint density at radius 2 is 1.73 bits per heavy atom. The minimum Gasteiger partial charge on any atom is -0.396 e. The number of hydrogen-bond acceptors (Lipinski definition) is 2. The third kappa shape index (κ3) is 3.21. The SMILES string of the molecule is CCNC(CC)(CC)CCO. The molecule has 0 amide bonds. The number of aliphatic hydroxyl groups excluding tert-OH is 1. The van der Waals surface area contributed by atoms with Gasteiger partial charge in [0, 0.05) is 12.1 Å². The molecule has 0 aliphatic rings. The van der Waals surface area contributed by atoms with Crippen molar-refractivity contribution in [2.75, 3.05) is 13.2 Å². The second kappa shape index (κ2) is 5.56. The molecule has 2 heteroatoms. The Hall–Kier alpha value is -0.0800. The zero-order valence-corrected chi connectivity index (χ0v) is 7.98. The molecular formula is C9H21NO. The van der Waals surface area contributed by atoms with E-state index in [0.717, 1.165) is 25.8 Å². The van der Waals surface area contributed by atoms with Crippen LogP contribution in [0.25, 0.3) is 0 Å². The first-order valence-corrected chi connectivity index (χ1v) is 4.60. The lowest BCUT2D eigenvalue weighted by atomic mass is 9.89. The summed E-state index contributed by atoms with van der Waals surface area (Å²) in [6.45, 7) is 7.72. The molecule has 0 aliphatic carbocycles. The van der Waals surface area contributed by atoms with Gasteiger partial charge in [-0.3, -0.25) is 0 Å². The average molecular weight is 159 g/mol. The Morgan fingerprint density at radius 3 is 2.00 bits per heavy atom. The van der Waals surface area contributed by atoms with Gasteiger partial charge in [0.15, 0.2) is 0 Å². The monoisotopic (exact) mass is 159 g/mol. The van der Waals surface area contributed by atoms with E-state index in [1.807, 2.05) is 0 Å². The van der Waals surface area contributed by atoms with Crippen LogP contribution in [-0.2, 0) is 0 Å². The Morgan fingerprint density at radius 1 is 1.18 bits per heavy atom. The van der Waals surface area contributed by atoms with Gasteiger partial charge in [-0.05, 0) is 25.8 Å². The van der Waals surface area contributed by atoms with Crippen LogP contribution in [-0.4, -0.2) is 23.8 Å². The minimum absolute atomic E-state index is 0.184. The second-order valence-electron chi connectivity index (χ2n) is 2.99. The van der Waals surface area contributed by atoms with Crippen molar-refractivity contribution in [1.82, 2.24) is 5.32 Å². The maximum Gasteiger partial charge on any atom is 0.0448 e. The molecule has 0 atom stereocenters. The summed E-state index contributed by atoms with van der Waals surface area (Å²) in [7, 11) is 0. The Labute approximate surface area is 70.0 Å². The summed E-state index contributed by atoms with van der Waals surface area (Å²) >= 11 is 0. The fourth-order valence-electron chi connectivity index (χ4n) is 1.53. The lowest BCUT2D eigenvalue weighted by Crippen LogP contribution is -2.44. The van der Waals surface area contributed by atoms with Crippen LogP contribution >= 0.6 is 0 Å². The van der Waals surface area contributed by atoms with E-state index >= 15 is 0 Å². The second-order valence-corrected chi connectivity index (χ2v) is 2.99. The molecule has 0 bridgehead atoms. The Kier molecular flexibility index (Phi) is 5.51. The Balaban J connectivity index is 3.96. The summed E-state index contributed by atoms with van der Waals surface area (Å²) in [5.74, 6) is 0. The topological polar surface area (TPSA) is 32.3 Å². The standard InChI is InChI=1S/C9H21NO/c1-4-9(5-2,7-8-11)10-6-3/h10-11H,4-8H2,1-3H3. The van der Waals surface area contributed by atoms with E-state index in [0.29, 0.717) is 0 Å². The maximum atomic E-state index is 8.85. The van der Waals surface area contributed by atoms with Crippen molar-refractivity contribution in [2.45, 2.75) is 45.6 Å². The fraction of sp³-hybridized carbons (Fsp3) is 1.00. The third-order valence-electron chi connectivity index (χ3n) is 2.50. The molecule has 0 unspecified atom stereocenters. The van der Waals surface area contributed by atoms with Gasteiger partial charge in [0.25, 0.3) is 0 Å². The molecule has 0 saturated heterocycles. The summed E-state index contributed by atoms with van der Waals surface area (Å²) in [6.07, 6.45) is 3.06. The minimum atomic E-state index is 0.184. The number of rotatable bonds is 6. The van der Waals surface area contributed by atoms with E-state index in [2.05, 4.69) is 26.1 Å². The van der Waals surface area contributed by atoms with Crippen molar-refractivity contribution in [2.24, 2.45) is 0 Å². The number of hydrogen-bond donors (Lipinski definition) is 2. The number of nitrogens with one attached hydrogen (secondary N) is 1. The summed E-state index contributed by atoms with van der Waals surface area (Å²) in [5, 5.41) is 12.3. The van der Waals surface area contributed by atoms with Gasteiger partial charge in [0.1, 0.15) is 0 Å². The van der Waals surface area contributed by atoms with E-state index < -0.39 is 0 Å². The van der Waals surface area contributed by atoms with Crippen molar-refractivity contribution in [3.63, 3.8) is 0 Å². The van der Waals surface area contributed by atoms with Crippen LogP contribution in [0.3, 0.4) is 0 Å². The molecule has 0 rings (SSSR count). The third-order valence-corrected chi connectivity index (χ3v) is 2.50. The molecule has 0 aliphatic heterocycles. The van der Waals surface area contributed by atoms with E-state index in [-0.39, 0.29) is 12.1 Å². The van der Waals surface area contributed by atoms with Crippen LogP contribution < -0.4 is 5.32 Å². The largest absolute Gasteiger partial charge is 0.396 e. The predicted molar refractivity (Wildman–Crippen MR) is 48.7 cm³/mol. The summed E-state index contributed by atoms with van der Waals surface area (Å²) in [5.41, 5.74) is 0.184. The van der Waals surface area contributed by atoms with Crippen LogP contribution in [0.2, 0.25) is 0 Å². The predicted octanol–water partition coefficient (Wildman–Crippen LogP) is 1.54. The molecule has 68 valence electrons.